The highest BCUT2D eigenvalue weighted by molar-refractivity contribution is 7.53. The molecule has 2 aliphatic rings. The van der Waals surface area contributed by atoms with E-state index in [4.69, 9.17) is 21.1 Å². The molecule has 1 aliphatic heterocycles. The number of nitrogens with one attached hydrogen (secondary N) is 2. The topological polar surface area (TPSA) is 247 Å². The van der Waals surface area contributed by atoms with Gasteiger partial charge in [-0.15, -0.1) is 10.2 Å². The van der Waals surface area contributed by atoms with Crippen LogP contribution in [0.5, 0.6) is 0 Å². The normalized spacial score (nSPS) is 26.3. The standard InChI is InChI=1S/C18H25ClN9O8P/c19-17-22-14(21-8-2-1-3-8)9-5-20-28(15(9)23-17)16-13(31)12(30)10(36-16)6-35-18(7-29,37(32,33)34)4-11-24-26-27-25-11/h5,8,10,12-13,16,29-31H,1-4,6-7H2,(H,21,22,23)(H2,32,33,34)(H,24,25,26,27)/t10-,12-,13-,16-,18+/m0/s1. The fourth-order valence-electron chi connectivity index (χ4n) is 4.18. The summed E-state index contributed by atoms with van der Waals surface area (Å²) in [5.41, 5.74) is 0.247. The lowest BCUT2D eigenvalue weighted by Gasteiger charge is -2.32. The van der Waals surface area contributed by atoms with Gasteiger partial charge in [-0.25, -0.2) is 4.68 Å². The van der Waals surface area contributed by atoms with Crippen LogP contribution < -0.4 is 5.32 Å². The second kappa shape index (κ2) is 10.1. The number of halogens is 1. The monoisotopic (exact) mass is 561 g/mol. The van der Waals surface area contributed by atoms with Crippen LogP contribution in [0.3, 0.4) is 0 Å². The molecule has 4 heterocycles. The van der Waals surface area contributed by atoms with Crippen molar-refractivity contribution in [1.29, 1.82) is 0 Å². The maximum absolute atomic E-state index is 12.2. The van der Waals surface area contributed by atoms with Gasteiger partial charge in [-0.2, -0.15) is 20.3 Å². The van der Waals surface area contributed by atoms with Crippen LogP contribution in [0.2, 0.25) is 5.28 Å². The van der Waals surface area contributed by atoms with E-state index in [2.05, 4.69) is 41.0 Å². The van der Waals surface area contributed by atoms with E-state index < -0.39 is 57.1 Å². The third-order valence-corrected chi connectivity index (χ3v) is 8.23. The molecule has 5 rings (SSSR count). The molecule has 5 atom stereocenters. The summed E-state index contributed by atoms with van der Waals surface area (Å²) in [5, 5.41) is 49.5. The van der Waals surface area contributed by atoms with Crippen molar-refractivity contribution in [3.8, 4) is 0 Å². The highest BCUT2D eigenvalue weighted by atomic mass is 35.5. The number of tetrazole rings is 1. The Hall–Kier alpha value is -2.34. The molecule has 1 aliphatic carbocycles. The van der Waals surface area contributed by atoms with Crippen LogP contribution in [0.15, 0.2) is 6.20 Å². The number of rotatable bonds is 10. The van der Waals surface area contributed by atoms with E-state index in [0.717, 1.165) is 19.3 Å². The lowest BCUT2D eigenvalue weighted by atomic mass is 9.93. The van der Waals surface area contributed by atoms with E-state index >= 15 is 0 Å². The number of anilines is 1. The molecule has 3 aromatic rings. The van der Waals surface area contributed by atoms with Crippen molar-refractivity contribution in [1.82, 2.24) is 40.4 Å². The van der Waals surface area contributed by atoms with Crippen LogP contribution in [-0.2, 0) is 20.5 Å². The quantitative estimate of drug-likeness (QED) is 0.112. The van der Waals surface area contributed by atoms with Gasteiger partial charge in [0.05, 0.1) is 31.2 Å². The van der Waals surface area contributed by atoms with Gasteiger partial charge in [0.15, 0.2) is 23.0 Å². The van der Waals surface area contributed by atoms with Gasteiger partial charge in [0.25, 0.3) is 0 Å². The molecular formula is C18H25ClN9O8P. The summed E-state index contributed by atoms with van der Waals surface area (Å²) >= 11 is 6.12. The number of nitrogens with zero attached hydrogens (tertiary/aromatic N) is 7. The van der Waals surface area contributed by atoms with Crippen LogP contribution in [0.25, 0.3) is 11.0 Å². The smallest absolute Gasteiger partial charge is 0.359 e. The number of aromatic nitrogens is 8. The van der Waals surface area contributed by atoms with Gasteiger partial charge in [-0.1, -0.05) is 5.21 Å². The molecule has 0 radical (unpaired) electrons. The molecule has 2 fully saturated rings. The maximum atomic E-state index is 12.2. The second-order valence-electron chi connectivity index (χ2n) is 8.95. The largest absolute Gasteiger partial charge is 0.393 e. The molecule has 0 bridgehead atoms. The zero-order valence-electron chi connectivity index (χ0n) is 19.1. The van der Waals surface area contributed by atoms with Gasteiger partial charge in [0.2, 0.25) is 5.28 Å². The molecule has 19 heteroatoms. The van der Waals surface area contributed by atoms with E-state index in [0.29, 0.717) is 11.2 Å². The number of aromatic amines is 1. The molecule has 0 aromatic carbocycles. The minimum absolute atomic E-state index is 0.0557. The van der Waals surface area contributed by atoms with E-state index in [1.54, 1.807) is 0 Å². The molecule has 0 amide bonds. The van der Waals surface area contributed by atoms with Crippen molar-refractivity contribution in [2.24, 2.45) is 0 Å². The van der Waals surface area contributed by atoms with Crippen molar-refractivity contribution in [3.05, 3.63) is 17.3 Å². The summed E-state index contributed by atoms with van der Waals surface area (Å²) in [6.45, 7) is -1.71. The molecule has 1 saturated heterocycles. The first-order chi connectivity index (χ1) is 17.6. The van der Waals surface area contributed by atoms with Crippen LogP contribution in [0.4, 0.5) is 5.82 Å². The lowest BCUT2D eigenvalue weighted by molar-refractivity contribution is -0.109. The Morgan fingerprint density at radius 2 is 2.08 bits per heavy atom. The maximum Gasteiger partial charge on any atom is 0.359 e. The molecule has 7 N–H and O–H groups in total. The van der Waals surface area contributed by atoms with Crippen molar-refractivity contribution < 1.29 is 39.1 Å². The number of aliphatic hydroxyl groups excluding tert-OH is 3. The molecule has 1 saturated carbocycles. The third kappa shape index (κ3) is 4.94. The van der Waals surface area contributed by atoms with Crippen molar-refractivity contribution in [2.75, 3.05) is 18.5 Å². The Morgan fingerprint density at radius 1 is 1.30 bits per heavy atom. The third-order valence-electron chi connectivity index (χ3n) is 6.57. The van der Waals surface area contributed by atoms with Crippen LogP contribution >= 0.6 is 19.2 Å². The van der Waals surface area contributed by atoms with Gasteiger partial charge in [-0.3, -0.25) is 4.57 Å². The number of hydrogen-bond donors (Lipinski definition) is 7. The van der Waals surface area contributed by atoms with Gasteiger partial charge in [-0.05, 0) is 30.9 Å². The molecule has 0 unspecified atom stereocenters. The van der Waals surface area contributed by atoms with E-state index in [-0.39, 0.29) is 22.8 Å². The lowest BCUT2D eigenvalue weighted by Crippen LogP contribution is -2.43. The summed E-state index contributed by atoms with van der Waals surface area (Å²) in [6, 6.07) is 0.252. The molecule has 37 heavy (non-hydrogen) atoms. The molecule has 202 valence electrons. The van der Waals surface area contributed by atoms with Crippen molar-refractivity contribution in [3.63, 3.8) is 0 Å². The van der Waals surface area contributed by atoms with Gasteiger partial charge in [0, 0.05) is 6.04 Å². The predicted octanol–water partition coefficient (Wildman–Crippen LogP) is -1.30. The molecule has 0 spiro atoms. The summed E-state index contributed by atoms with van der Waals surface area (Å²) in [5.74, 6) is 0.365. The first-order valence-corrected chi connectivity index (χ1v) is 13.3. The van der Waals surface area contributed by atoms with Gasteiger partial charge < -0.3 is 39.9 Å². The molecule has 17 nitrogen and oxygen atoms in total. The molecular weight excluding hydrogens is 537 g/mol. The Balaban J connectivity index is 1.36. The zero-order valence-corrected chi connectivity index (χ0v) is 20.8. The number of ether oxygens (including phenoxy) is 2. The average molecular weight is 562 g/mol. The van der Waals surface area contributed by atoms with Crippen LogP contribution in [0.1, 0.15) is 31.3 Å². The van der Waals surface area contributed by atoms with E-state index in [1.807, 2.05) is 0 Å². The fourth-order valence-corrected chi connectivity index (χ4v) is 5.12. The summed E-state index contributed by atoms with van der Waals surface area (Å²) < 4.78 is 24.7. The van der Waals surface area contributed by atoms with Crippen molar-refractivity contribution >= 4 is 36.0 Å². The summed E-state index contributed by atoms with van der Waals surface area (Å²) in [4.78, 5) is 28.3. The Kier molecular flexibility index (Phi) is 7.16. The van der Waals surface area contributed by atoms with Crippen molar-refractivity contribution in [2.45, 2.75) is 61.6 Å². The zero-order chi connectivity index (χ0) is 26.4. The summed E-state index contributed by atoms with van der Waals surface area (Å²) in [7, 11) is -5.11. The van der Waals surface area contributed by atoms with Crippen LogP contribution in [-0.4, -0.2) is 108 Å². The number of hydrogen-bond acceptors (Lipinski definition) is 13. The van der Waals surface area contributed by atoms with Gasteiger partial charge in [0.1, 0.15) is 24.1 Å². The first-order valence-electron chi connectivity index (χ1n) is 11.3. The second-order valence-corrected chi connectivity index (χ2v) is 11.2. The van der Waals surface area contributed by atoms with Gasteiger partial charge >= 0.3 is 7.60 Å². The Morgan fingerprint density at radius 3 is 2.70 bits per heavy atom. The number of aliphatic hydroxyl groups is 3. The molecule has 3 aromatic heterocycles. The Bertz CT molecular complexity index is 1290. The highest BCUT2D eigenvalue weighted by Crippen LogP contribution is 2.53. The fraction of sp³-hybridized carbons (Fsp3) is 0.667. The summed E-state index contributed by atoms with van der Waals surface area (Å²) in [6.07, 6.45) is -1.55. The number of fused-ring (bicyclic) bond motifs is 1. The minimum Gasteiger partial charge on any atom is -0.393 e. The van der Waals surface area contributed by atoms with E-state index in [1.165, 1.54) is 10.9 Å². The predicted molar refractivity (Wildman–Crippen MR) is 123 cm³/mol. The Labute approximate surface area is 213 Å². The van der Waals surface area contributed by atoms with Crippen LogP contribution in [0, 0.1) is 0 Å². The SMILES string of the molecule is O=P(O)(O)[C@@](CO)(Cc1nn[nH]n1)OC[C@@H]1O[C@H](n2ncc3c(NC4CCC4)nc(Cl)nc32)[C@@H](O)[C@H]1O. The van der Waals surface area contributed by atoms with E-state index in [9.17, 15) is 29.7 Å². The average Bonchev–Trinajstić information content (AvgIpc) is 3.54. The number of H-pyrrole nitrogens is 1. The highest BCUT2D eigenvalue weighted by Gasteiger charge is 2.52. The minimum atomic E-state index is -5.11. The first kappa shape index (κ1) is 26.3.